The Morgan fingerprint density at radius 1 is 1.31 bits per heavy atom. The molecule has 0 saturated carbocycles. The topological polar surface area (TPSA) is 112 Å². The van der Waals surface area contributed by atoms with Crippen LogP contribution >= 0.6 is 39.9 Å². The van der Waals surface area contributed by atoms with Crippen molar-refractivity contribution in [2.24, 2.45) is 0 Å². The number of nitrogens with zero attached hydrogens (tertiary/aromatic N) is 2. The van der Waals surface area contributed by atoms with Crippen LogP contribution in [0.15, 0.2) is 27.6 Å². The first kappa shape index (κ1) is 20.5. The standard InChI is InChI=1S/C17H13BrN2O6S3/c18-8-1-2-11-10(5-8)13(15(23)19(11)6-12(21)22)14-16(24)20(17(27)28-14)9-3-4-29(25,26)7-9/h1-2,5,9H,3-4,6-7H2,(H,21,22)/b14-13+/t9-/m0/s1. The summed E-state index contributed by atoms with van der Waals surface area (Å²) >= 11 is 9.59. The van der Waals surface area contributed by atoms with E-state index in [4.69, 9.17) is 12.2 Å². The molecule has 0 unspecified atom stereocenters. The van der Waals surface area contributed by atoms with Crippen LogP contribution in [0.3, 0.4) is 0 Å². The lowest BCUT2D eigenvalue weighted by Gasteiger charge is -2.21. The molecule has 1 atom stereocenters. The Morgan fingerprint density at radius 3 is 2.66 bits per heavy atom. The van der Waals surface area contributed by atoms with Crippen LogP contribution in [-0.4, -0.2) is 64.6 Å². The van der Waals surface area contributed by atoms with Gasteiger partial charge in [0.15, 0.2) is 9.84 Å². The third-order valence-corrected chi connectivity index (χ3v) is 8.52. The highest BCUT2D eigenvalue weighted by Crippen LogP contribution is 2.46. The number of carboxylic acids is 1. The summed E-state index contributed by atoms with van der Waals surface area (Å²) in [4.78, 5) is 39.9. The van der Waals surface area contributed by atoms with Crippen molar-refractivity contribution in [1.82, 2.24) is 4.90 Å². The number of rotatable bonds is 3. The van der Waals surface area contributed by atoms with E-state index in [0.29, 0.717) is 22.1 Å². The molecule has 12 heteroatoms. The summed E-state index contributed by atoms with van der Waals surface area (Å²) in [7, 11) is -3.23. The van der Waals surface area contributed by atoms with Crippen molar-refractivity contribution >= 4 is 83.1 Å². The minimum atomic E-state index is -3.23. The highest BCUT2D eigenvalue weighted by atomic mass is 79.9. The van der Waals surface area contributed by atoms with Crippen molar-refractivity contribution in [2.75, 3.05) is 23.0 Å². The predicted molar refractivity (Wildman–Crippen MR) is 115 cm³/mol. The molecule has 3 heterocycles. The molecule has 3 aliphatic rings. The lowest BCUT2D eigenvalue weighted by Crippen LogP contribution is -2.39. The Balaban J connectivity index is 1.80. The van der Waals surface area contributed by atoms with Crippen LogP contribution in [0.5, 0.6) is 0 Å². The van der Waals surface area contributed by atoms with Gasteiger partial charge in [0.1, 0.15) is 10.9 Å². The van der Waals surface area contributed by atoms with Gasteiger partial charge in [-0.1, -0.05) is 39.9 Å². The molecule has 0 aliphatic carbocycles. The highest BCUT2D eigenvalue weighted by molar-refractivity contribution is 9.10. The molecule has 2 fully saturated rings. The number of thiocarbonyl (C=S) groups is 1. The number of sulfone groups is 1. The van der Waals surface area contributed by atoms with Gasteiger partial charge in [-0.2, -0.15) is 0 Å². The van der Waals surface area contributed by atoms with Gasteiger partial charge in [0.25, 0.3) is 11.8 Å². The van der Waals surface area contributed by atoms with Crippen molar-refractivity contribution in [3.05, 3.63) is 33.1 Å². The Kier molecular flexibility index (Phi) is 5.08. The van der Waals surface area contributed by atoms with Crippen LogP contribution in [0.2, 0.25) is 0 Å². The van der Waals surface area contributed by atoms with Gasteiger partial charge in [-0.15, -0.1) is 0 Å². The van der Waals surface area contributed by atoms with Crippen molar-refractivity contribution < 1.29 is 27.9 Å². The lowest BCUT2D eigenvalue weighted by molar-refractivity contribution is -0.136. The average molecular weight is 517 g/mol. The number of anilines is 1. The average Bonchev–Trinajstić information content (AvgIpc) is 3.20. The van der Waals surface area contributed by atoms with Crippen LogP contribution in [-0.2, 0) is 24.2 Å². The molecule has 0 spiro atoms. The largest absolute Gasteiger partial charge is 0.480 e. The zero-order valence-corrected chi connectivity index (χ0v) is 18.7. The van der Waals surface area contributed by atoms with Gasteiger partial charge < -0.3 is 5.11 Å². The van der Waals surface area contributed by atoms with Crippen molar-refractivity contribution in [3.63, 3.8) is 0 Å². The van der Waals surface area contributed by atoms with Gasteiger partial charge in [-0.25, -0.2) is 8.42 Å². The molecule has 2 saturated heterocycles. The van der Waals surface area contributed by atoms with Crippen LogP contribution in [0.25, 0.3) is 5.57 Å². The zero-order valence-electron chi connectivity index (χ0n) is 14.6. The van der Waals surface area contributed by atoms with E-state index in [1.54, 1.807) is 18.2 Å². The number of aliphatic carboxylic acids is 1. The quantitative estimate of drug-likeness (QED) is 0.476. The molecule has 152 valence electrons. The van der Waals surface area contributed by atoms with Crippen molar-refractivity contribution in [2.45, 2.75) is 12.5 Å². The second-order valence-corrected chi connectivity index (χ2v) is 11.5. The number of carboxylic acid groups (broad SMARTS) is 1. The van der Waals surface area contributed by atoms with E-state index in [2.05, 4.69) is 15.9 Å². The molecule has 0 aromatic heterocycles. The number of hydrogen-bond acceptors (Lipinski definition) is 7. The van der Waals surface area contributed by atoms with Crippen LogP contribution in [0.4, 0.5) is 5.69 Å². The third kappa shape index (κ3) is 3.51. The monoisotopic (exact) mass is 516 g/mol. The molecule has 4 rings (SSSR count). The van der Waals surface area contributed by atoms with Gasteiger partial charge in [0.05, 0.1) is 33.7 Å². The normalized spacial score (nSPS) is 25.8. The fourth-order valence-electron chi connectivity index (χ4n) is 3.64. The maximum Gasteiger partial charge on any atom is 0.323 e. The number of halogens is 1. The summed E-state index contributed by atoms with van der Waals surface area (Å²) in [5, 5.41) is 9.17. The fraction of sp³-hybridized carbons (Fsp3) is 0.294. The fourth-order valence-corrected chi connectivity index (χ4v) is 7.17. The minimum absolute atomic E-state index is 0.0122. The first-order valence-electron chi connectivity index (χ1n) is 8.42. The predicted octanol–water partition coefficient (Wildman–Crippen LogP) is 1.64. The summed E-state index contributed by atoms with van der Waals surface area (Å²) in [5.41, 5.74) is 0.915. The summed E-state index contributed by atoms with van der Waals surface area (Å²) < 4.78 is 24.5. The Bertz CT molecular complexity index is 1130. The van der Waals surface area contributed by atoms with Gasteiger partial charge in [-0.3, -0.25) is 24.2 Å². The van der Waals surface area contributed by atoms with Gasteiger partial charge in [-0.05, 0) is 24.6 Å². The van der Waals surface area contributed by atoms with Crippen molar-refractivity contribution in [3.8, 4) is 0 Å². The number of fused-ring (bicyclic) bond motifs is 1. The van der Waals surface area contributed by atoms with E-state index in [1.807, 2.05) is 0 Å². The molecule has 0 bridgehead atoms. The van der Waals surface area contributed by atoms with E-state index in [1.165, 1.54) is 4.90 Å². The number of thioether (sulfide) groups is 1. The van der Waals surface area contributed by atoms with Gasteiger partial charge in [0, 0.05) is 10.0 Å². The number of amides is 2. The van der Waals surface area contributed by atoms with E-state index >= 15 is 0 Å². The summed E-state index contributed by atoms with van der Waals surface area (Å²) in [6.07, 6.45) is 0.290. The van der Waals surface area contributed by atoms with E-state index in [-0.39, 0.29) is 26.3 Å². The van der Waals surface area contributed by atoms with E-state index in [9.17, 15) is 27.9 Å². The second kappa shape index (κ2) is 7.18. The minimum Gasteiger partial charge on any atom is -0.480 e. The maximum atomic E-state index is 13.1. The molecular weight excluding hydrogens is 504 g/mol. The highest BCUT2D eigenvalue weighted by Gasteiger charge is 2.46. The van der Waals surface area contributed by atoms with Crippen LogP contribution in [0.1, 0.15) is 12.0 Å². The van der Waals surface area contributed by atoms with E-state index in [0.717, 1.165) is 16.7 Å². The Labute approximate surface area is 184 Å². The molecule has 3 aliphatic heterocycles. The first-order chi connectivity index (χ1) is 13.6. The molecule has 1 aromatic rings. The molecule has 8 nitrogen and oxygen atoms in total. The zero-order chi connectivity index (χ0) is 21.1. The smallest absolute Gasteiger partial charge is 0.323 e. The second-order valence-electron chi connectivity index (χ2n) is 6.75. The molecule has 1 N–H and O–H groups in total. The summed E-state index contributed by atoms with van der Waals surface area (Å²) in [6, 6.07) is 4.38. The Hall–Kier alpha value is -1.76. The third-order valence-electron chi connectivity index (χ3n) is 4.87. The molecule has 1 aromatic carbocycles. The SMILES string of the molecule is O=C(O)CN1C(=O)/C(=C2/SC(=S)N([C@H]3CCS(=O)(=O)C3)C2=O)c2cc(Br)ccc21. The number of carbonyl (C=O) groups excluding carboxylic acids is 2. The molecule has 29 heavy (non-hydrogen) atoms. The Morgan fingerprint density at radius 2 is 2.03 bits per heavy atom. The van der Waals surface area contributed by atoms with Crippen LogP contribution < -0.4 is 4.90 Å². The maximum absolute atomic E-state index is 13.1. The molecular formula is C17H13BrN2O6S3. The van der Waals surface area contributed by atoms with Gasteiger partial charge in [0.2, 0.25) is 0 Å². The molecule has 2 amide bonds. The summed E-state index contributed by atoms with van der Waals surface area (Å²) in [5.74, 6) is -2.48. The summed E-state index contributed by atoms with van der Waals surface area (Å²) in [6.45, 7) is -0.544. The first-order valence-corrected chi connectivity index (χ1v) is 12.3. The number of benzene rings is 1. The lowest BCUT2D eigenvalue weighted by atomic mass is 10.1. The number of hydrogen-bond donors (Lipinski definition) is 1. The van der Waals surface area contributed by atoms with Crippen molar-refractivity contribution in [1.29, 1.82) is 0 Å². The van der Waals surface area contributed by atoms with E-state index < -0.39 is 40.2 Å². The van der Waals surface area contributed by atoms with Gasteiger partial charge >= 0.3 is 5.97 Å². The number of carbonyl (C=O) groups is 3. The van der Waals surface area contributed by atoms with Crippen LogP contribution in [0, 0.1) is 0 Å². The molecule has 0 radical (unpaired) electrons.